The maximum atomic E-state index is 11.9. The summed E-state index contributed by atoms with van der Waals surface area (Å²) in [6.45, 7) is 1.16. The Kier molecular flexibility index (Phi) is 5.52. The first-order valence-corrected chi connectivity index (χ1v) is 7.45. The van der Waals surface area contributed by atoms with Crippen LogP contribution in [0, 0.1) is 0 Å². The molecule has 1 aromatic rings. The second kappa shape index (κ2) is 7.59. The zero-order valence-electron chi connectivity index (χ0n) is 12.7. The van der Waals surface area contributed by atoms with Crippen molar-refractivity contribution in [2.75, 3.05) is 20.1 Å². The fourth-order valence-electron chi connectivity index (χ4n) is 2.38. The number of hydrogen-bond donors (Lipinski definition) is 2. The number of nitrogens with zero attached hydrogens (tertiary/aromatic N) is 1. The molecule has 0 saturated carbocycles. The quantitative estimate of drug-likeness (QED) is 0.839. The van der Waals surface area contributed by atoms with E-state index in [0.29, 0.717) is 25.1 Å². The Hall–Kier alpha value is -2.37. The van der Waals surface area contributed by atoms with E-state index < -0.39 is 0 Å². The minimum Gasteiger partial charge on any atom is -0.355 e. The number of benzene rings is 1. The average Bonchev–Trinajstić information content (AvgIpc) is 2.55. The molecule has 1 fully saturated rings. The van der Waals surface area contributed by atoms with Gasteiger partial charge in [0.05, 0.1) is 6.54 Å². The summed E-state index contributed by atoms with van der Waals surface area (Å²) in [5.41, 5.74) is 1.49. The maximum absolute atomic E-state index is 11.9. The van der Waals surface area contributed by atoms with Gasteiger partial charge < -0.3 is 15.5 Å². The lowest BCUT2D eigenvalue weighted by Gasteiger charge is -2.25. The van der Waals surface area contributed by atoms with Crippen LogP contribution in [0.3, 0.4) is 0 Å². The first kappa shape index (κ1) is 16.0. The normalized spacial score (nSPS) is 14.6. The van der Waals surface area contributed by atoms with E-state index in [9.17, 15) is 14.4 Å². The predicted octanol–water partition coefficient (Wildman–Crippen LogP) is 0.675. The summed E-state index contributed by atoms with van der Waals surface area (Å²) in [7, 11) is 1.58. The molecule has 0 atom stereocenters. The van der Waals surface area contributed by atoms with Gasteiger partial charge in [-0.25, -0.2) is 0 Å². The molecule has 1 aromatic carbocycles. The van der Waals surface area contributed by atoms with Gasteiger partial charge in [-0.05, 0) is 30.5 Å². The summed E-state index contributed by atoms with van der Waals surface area (Å²) in [5, 5.41) is 5.35. The van der Waals surface area contributed by atoms with Gasteiger partial charge in [0.25, 0.3) is 5.91 Å². The fraction of sp³-hybridized carbons (Fsp3) is 0.438. The average molecular weight is 303 g/mol. The van der Waals surface area contributed by atoms with Crippen molar-refractivity contribution in [2.45, 2.75) is 25.8 Å². The minimum atomic E-state index is -0.161. The van der Waals surface area contributed by atoms with Crippen LogP contribution in [-0.4, -0.2) is 42.8 Å². The van der Waals surface area contributed by atoms with Gasteiger partial charge >= 0.3 is 0 Å². The molecule has 118 valence electrons. The van der Waals surface area contributed by atoms with Crippen LogP contribution < -0.4 is 10.6 Å². The minimum absolute atomic E-state index is 0.0522. The van der Waals surface area contributed by atoms with Crippen molar-refractivity contribution in [1.82, 2.24) is 15.5 Å². The van der Waals surface area contributed by atoms with Gasteiger partial charge in [0.15, 0.2) is 0 Å². The van der Waals surface area contributed by atoms with Crippen molar-refractivity contribution in [2.24, 2.45) is 0 Å². The molecule has 1 aliphatic heterocycles. The lowest BCUT2D eigenvalue weighted by molar-refractivity contribution is -0.137. The summed E-state index contributed by atoms with van der Waals surface area (Å²) in [4.78, 5) is 36.6. The topological polar surface area (TPSA) is 78.5 Å². The third-order valence-electron chi connectivity index (χ3n) is 3.69. The number of carbonyl (C=O) groups is 3. The third kappa shape index (κ3) is 4.31. The van der Waals surface area contributed by atoms with Crippen LogP contribution in [0.15, 0.2) is 24.3 Å². The second-order valence-electron chi connectivity index (χ2n) is 5.33. The Balaban J connectivity index is 1.80. The zero-order chi connectivity index (χ0) is 15.9. The smallest absolute Gasteiger partial charge is 0.251 e. The van der Waals surface area contributed by atoms with Crippen molar-refractivity contribution in [3.05, 3.63) is 35.4 Å². The van der Waals surface area contributed by atoms with Crippen molar-refractivity contribution in [3.63, 3.8) is 0 Å². The van der Waals surface area contributed by atoms with Gasteiger partial charge in [0, 0.05) is 32.1 Å². The van der Waals surface area contributed by atoms with Crippen LogP contribution in [0.2, 0.25) is 0 Å². The van der Waals surface area contributed by atoms with Gasteiger partial charge in [-0.1, -0.05) is 12.1 Å². The summed E-state index contributed by atoms with van der Waals surface area (Å²) < 4.78 is 0. The first-order valence-electron chi connectivity index (χ1n) is 7.45. The van der Waals surface area contributed by atoms with E-state index in [1.165, 1.54) is 0 Å². The highest BCUT2D eigenvalue weighted by Crippen LogP contribution is 2.10. The van der Waals surface area contributed by atoms with Crippen LogP contribution in [0.5, 0.6) is 0 Å². The highest BCUT2D eigenvalue weighted by molar-refractivity contribution is 5.94. The van der Waals surface area contributed by atoms with Crippen LogP contribution in [0.4, 0.5) is 0 Å². The number of rotatable bonds is 5. The number of nitrogens with one attached hydrogen (secondary N) is 2. The Morgan fingerprint density at radius 3 is 2.55 bits per heavy atom. The predicted molar refractivity (Wildman–Crippen MR) is 82.1 cm³/mol. The molecule has 2 rings (SSSR count). The molecular weight excluding hydrogens is 282 g/mol. The molecule has 0 bridgehead atoms. The number of piperidine rings is 1. The molecule has 1 heterocycles. The van der Waals surface area contributed by atoms with Crippen molar-refractivity contribution >= 4 is 17.7 Å². The number of hydrogen-bond acceptors (Lipinski definition) is 3. The molecule has 0 aliphatic carbocycles. The van der Waals surface area contributed by atoms with Gasteiger partial charge in [-0.3, -0.25) is 14.4 Å². The molecule has 6 nitrogen and oxygen atoms in total. The number of carbonyl (C=O) groups excluding carboxylic acids is 3. The molecule has 6 heteroatoms. The standard InChI is InChI=1S/C16H21N3O3/c1-17-16(22)13-7-5-12(6-8-13)10-18-14(20)11-19-9-3-2-4-15(19)21/h5-8H,2-4,9-11H2,1H3,(H,17,22)(H,18,20). The van der Waals surface area contributed by atoms with E-state index in [1.54, 1.807) is 36.2 Å². The third-order valence-corrected chi connectivity index (χ3v) is 3.69. The zero-order valence-corrected chi connectivity index (χ0v) is 12.7. The summed E-state index contributed by atoms with van der Waals surface area (Å²) in [6, 6.07) is 7.04. The van der Waals surface area contributed by atoms with E-state index in [1.807, 2.05) is 0 Å². The summed E-state index contributed by atoms with van der Waals surface area (Å²) >= 11 is 0. The van der Waals surface area contributed by atoms with Gasteiger partial charge in [0.2, 0.25) is 11.8 Å². The summed E-state index contributed by atoms with van der Waals surface area (Å²) in [6.07, 6.45) is 2.41. The van der Waals surface area contributed by atoms with Crippen molar-refractivity contribution in [1.29, 1.82) is 0 Å². The SMILES string of the molecule is CNC(=O)c1ccc(CNC(=O)CN2CCCCC2=O)cc1. The van der Waals surface area contributed by atoms with Crippen molar-refractivity contribution < 1.29 is 14.4 Å². The van der Waals surface area contributed by atoms with Gasteiger partial charge in [-0.2, -0.15) is 0 Å². The number of amides is 3. The van der Waals surface area contributed by atoms with Crippen molar-refractivity contribution in [3.8, 4) is 0 Å². The van der Waals surface area contributed by atoms with E-state index >= 15 is 0 Å². The lowest BCUT2D eigenvalue weighted by atomic mass is 10.1. The Morgan fingerprint density at radius 1 is 1.18 bits per heavy atom. The second-order valence-corrected chi connectivity index (χ2v) is 5.33. The lowest BCUT2D eigenvalue weighted by Crippen LogP contribution is -2.42. The van der Waals surface area contributed by atoms with Gasteiger partial charge in [0.1, 0.15) is 0 Å². The molecule has 0 spiro atoms. The molecule has 1 aliphatic rings. The van der Waals surface area contributed by atoms with Gasteiger partial charge in [-0.15, -0.1) is 0 Å². The molecule has 0 aromatic heterocycles. The fourth-order valence-corrected chi connectivity index (χ4v) is 2.38. The van der Waals surface area contributed by atoms with E-state index in [4.69, 9.17) is 0 Å². The molecule has 1 saturated heterocycles. The molecule has 22 heavy (non-hydrogen) atoms. The van der Waals surface area contributed by atoms with Crippen LogP contribution in [0.1, 0.15) is 35.2 Å². The largest absolute Gasteiger partial charge is 0.355 e. The van der Waals surface area contributed by atoms with Crippen LogP contribution >= 0.6 is 0 Å². The van der Waals surface area contributed by atoms with E-state index in [0.717, 1.165) is 18.4 Å². The molecule has 3 amide bonds. The number of likely N-dealkylation sites (tertiary alicyclic amines) is 1. The first-order chi connectivity index (χ1) is 10.6. The monoisotopic (exact) mass is 303 g/mol. The highest BCUT2D eigenvalue weighted by atomic mass is 16.2. The van der Waals surface area contributed by atoms with Crippen LogP contribution in [-0.2, 0) is 16.1 Å². The summed E-state index contributed by atoms with van der Waals surface area (Å²) in [5.74, 6) is -0.249. The molecular formula is C16H21N3O3. The molecule has 0 radical (unpaired) electrons. The van der Waals surface area contributed by atoms with E-state index in [-0.39, 0.29) is 24.3 Å². The Bertz CT molecular complexity index is 554. The van der Waals surface area contributed by atoms with Crippen LogP contribution in [0.25, 0.3) is 0 Å². The van der Waals surface area contributed by atoms with E-state index in [2.05, 4.69) is 10.6 Å². The maximum Gasteiger partial charge on any atom is 0.251 e. The molecule has 2 N–H and O–H groups in total. The Labute approximate surface area is 129 Å². The Morgan fingerprint density at radius 2 is 1.91 bits per heavy atom. The molecule has 0 unspecified atom stereocenters. The highest BCUT2D eigenvalue weighted by Gasteiger charge is 2.20.